The van der Waals surface area contributed by atoms with Gasteiger partial charge >= 0.3 is 6.18 Å². The van der Waals surface area contributed by atoms with Gasteiger partial charge in [-0.25, -0.2) is 0 Å². The molecule has 2 aromatic heterocycles. The number of carbonyl (C=O) groups excluding carboxylic acids is 1. The number of nitrogens with zero attached hydrogens (tertiary/aromatic N) is 3. The number of rotatable bonds is 3. The number of benzene rings is 2. The van der Waals surface area contributed by atoms with Crippen molar-refractivity contribution in [3.05, 3.63) is 95.8 Å². The first-order chi connectivity index (χ1) is 15.9. The molecular formula is C26H20F3N3O. The van der Waals surface area contributed by atoms with E-state index in [1.54, 1.807) is 35.4 Å². The second kappa shape index (κ2) is 8.31. The van der Waals surface area contributed by atoms with E-state index in [2.05, 4.69) is 9.97 Å². The molecule has 5 rings (SSSR count). The van der Waals surface area contributed by atoms with E-state index < -0.39 is 11.7 Å². The lowest BCUT2D eigenvalue weighted by Crippen LogP contribution is -2.31. The van der Waals surface area contributed by atoms with Crippen molar-refractivity contribution in [3.63, 3.8) is 0 Å². The molecule has 0 unspecified atom stereocenters. The van der Waals surface area contributed by atoms with Gasteiger partial charge in [0.1, 0.15) is 0 Å². The fourth-order valence-corrected chi connectivity index (χ4v) is 4.34. The zero-order valence-corrected chi connectivity index (χ0v) is 17.6. The first-order valence-electron chi connectivity index (χ1n) is 10.7. The van der Waals surface area contributed by atoms with Gasteiger partial charge in [0.05, 0.1) is 28.5 Å². The molecule has 1 aliphatic rings. The van der Waals surface area contributed by atoms with Gasteiger partial charge in [0, 0.05) is 29.3 Å². The second-order valence-electron chi connectivity index (χ2n) is 8.09. The van der Waals surface area contributed by atoms with Gasteiger partial charge in [0.25, 0.3) is 5.91 Å². The highest BCUT2D eigenvalue weighted by Gasteiger charge is 2.32. The number of carbonyl (C=O) groups is 1. The van der Waals surface area contributed by atoms with Crippen molar-refractivity contribution >= 4 is 16.8 Å². The second-order valence-corrected chi connectivity index (χ2v) is 8.09. The van der Waals surface area contributed by atoms with Crippen molar-refractivity contribution in [1.82, 2.24) is 14.9 Å². The third-order valence-electron chi connectivity index (χ3n) is 5.96. The molecule has 7 heteroatoms. The summed E-state index contributed by atoms with van der Waals surface area (Å²) < 4.78 is 39.4. The molecule has 0 N–H and O–H groups in total. The molecule has 166 valence electrons. The fraction of sp³-hybridized carbons (Fsp3) is 0.192. The van der Waals surface area contributed by atoms with E-state index in [4.69, 9.17) is 0 Å². The van der Waals surface area contributed by atoms with Gasteiger partial charge < -0.3 is 4.90 Å². The Balaban J connectivity index is 1.45. The Morgan fingerprint density at radius 2 is 1.82 bits per heavy atom. The number of hydrogen-bond donors (Lipinski definition) is 0. The van der Waals surface area contributed by atoms with Crippen molar-refractivity contribution in [1.29, 1.82) is 0 Å². The van der Waals surface area contributed by atoms with Crippen molar-refractivity contribution in [3.8, 4) is 11.3 Å². The van der Waals surface area contributed by atoms with Crippen LogP contribution in [0.3, 0.4) is 0 Å². The fourth-order valence-electron chi connectivity index (χ4n) is 4.34. The molecule has 33 heavy (non-hydrogen) atoms. The molecule has 1 aliphatic heterocycles. The molecule has 0 saturated carbocycles. The first-order valence-corrected chi connectivity index (χ1v) is 10.7. The maximum Gasteiger partial charge on any atom is 0.416 e. The van der Waals surface area contributed by atoms with Gasteiger partial charge in [-0.2, -0.15) is 13.2 Å². The average molecular weight is 447 g/mol. The van der Waals surface area contributed by atoms with E-state index >= 15 is 0 Å². The largest absolute Gasteiger partial charge is 0.416 e. The lowest BCUT2D eigenvalue weighted by Gasteiger charge is -2.25. The zero-order valence-electron chi connectivity index (χ0n) is 17.6. The molecule has 4 nitrogen and oxygen atoms in total. The van der Waals surface area contributed by atoms with Crippen LogP contribution < -0.4 is 0 Å². The van der Waals surface area contributed by atoms with Gasteiger partial charge in [-0.1, -0.05) is 24.3 Å². The number of halogens is 3. The molecule has 1 amide bonds. The molecule has 0 bridgehead atoms. The van der Waals surface area contributed by atoms with E-state index in [9.17, 15) is 18.0 Å². The van der Waals surface area contributed by atoms with Gasteiger partial charge in [0.15, 0.2) is 0 Å². The van der Waals surface area contributed by atoms with E-state index in [1.807, 2.05) is 30.3 Å². The lowest BCUT2D eigenvalue weighted by atomic mass is 10.0. The number of alkyl halides is 3. The van der Waals surface area contributed by atoms with Crippen LogP contribution in [0.15, 0.2) is 79.0 Å². The van der Waals surface area contributed by atoms with Gasteiger partial charge in [0.2, 0.25) is 0 Å². The van der Waals surface area contributed by atoms with Crippen LogP contribution in [0.4, 0.5) is 13.2 Å². The third kappa shape index (κ3) is 4.18. The molecule has 3 heterocycles. The Morgan fingerprint density at radius 3 is 2.67 bits per heavy atom. The summed E-state index contributed by atoms with van der Waals surface area (Å²) in [6.07, 6.45) is -1.12. The minimum atomic E-state index is -4.42. The maximum atomic E-state index is 13.3. The number of likely N-dealkylation sites (tertiary alicyclic amines) is 1. The van der Waals surface area contributed by atoms with E-state index in [0.29, 0.717) is 29.1 Å². The quantitative estimate of drug-likeness (QED) is 0.371. The Morgan fingerprint density at radius 1 is 0.970 bits per heavy atom. The van der Waals surface area contributed by atoms with E-state index in [1.165, 1.54) is 6.07 Å². The zero-order chi connectivity index (χ0) is 23.0. The molecule has 0 radical (unpaired) electrons. The van der Waals surface area contributed by atoms with Crippen molar-refractivity contribution in [2.75, 3.05) is 6.54 Å². The predicted molar refractivity (Wildman–Crippen MR) is 119 cm³/mol. The molecular weight excluding hydrogens is 427 g/mol. The number of fused-ring (bicyclic) bond motifs is 1. The van der Waals surface area contributed by atoms with Gasteiger partial charge in [-0.05, 0) is 61.4 Å². The first kappa shape index (κ1) is 21.1. The summed E-state index contributed by atoms with van der Waals surface area (Å²) in [5.41, 5.74) is 2.21. The summed E-state index contributed by atoms with van der Waals surface area (Å²) in [4.78, 5) is 24.1. The topological polar surface area (TPSA) is 46.1 Å². The summed E-state index contributed by atoms with van der Waals surface area (Å²) in [6.45, 7) is 0.601. The van der Waals surface area contributed by atoms with E-state index in [0.717, 1.165) is 35.9 Å². The Bertz CT molecular complexity index is 1340. The Kier molecular flexibility index (Phi) is 5.32. The van der Waals surface area contributed by atoms with Crippen LogP contribution in [-0.4, -0.2) is 27.3 Å². The van der Waals surface area contributed by atoms with Gasteiger partial charge in [-0.15, -0.1) is 0 Å². The molecule has 0 spiro atoms. The minimum absolute atomic E-state index is 0.0884. The molecule has 1 atom stereocenters. The summed E-state index contributed by atoms with van der Waals surface area (Å²) in [6, 6.07) is 19.4. The standard InChI is InChI=1S/C26H20F3N3O/c27-26(28,29)20-7-1-5-18(16-20)22-8-2-9-23(31-22)24-10-4-14-32(24)25(33)19-11-12-21-17(15-19)6-3-13-30-21/h1-3,5-9,11-13,15-16,24H,4,10,14H2/t24-/m0/s1. The number of hydrogen-bond acceptors (Lipinski definition) is 3. The number of aromatic nitrogens is 2. The molecule has 0 aliphatic carbocycles. The van der Waals surface area contributed by atoms with Crippen LogP contribution in [-0.2, 0) is 6.18 Å². The molecule has 2 aromatic carbocycles. The minimum Gasteiger partial charge on any atom is -0.330 e. The van der Waals surface area contributed by atoms with Crippen LogP contribution in [0.5, 0.6) is 0 Å². The highest BCUT2D eigenvalue weighted by atomic mass is 19.4. The van der Waals surface area contributed by atoms with Crippen LogP contribution in [0.25, 0.3) is 22.2 Å². The summed E-state index contributed by atoms with van der Waals surface area (Å²) in [5, 5.41) is 0.892. The molecule has 1 fully saturated rings. The lowest BCUT2D eigenvalue weighted by molar-refractivity contribution is -0.137. The summed E-state index contributed by atoms with van der Waals surface area (Å²) in [7, 11) is 0. The highest BCUT2D eigenvalue weighted by molar-refractivity contribution is 5.98. The van der Waals surface area contributed by atoms with E-state index in [-0.39, 0.29) is 11.9 Å². The van der Waals surface area contributed by atoms with Crippen molar-refractivity contribution < 1.29 is 18.0 Å². The van der Waals surface area contributed by atoms with Crippen LogP contribution in [0, 0.1) is 0 Å². The Labute approximate surface area is 188 Å². The Hall–Kier alpha value is -3.74. The number of amides is 1. The summed E-state index contributed by atoms with van der Waals surface area (Å²) >= 11 is 0. The summed E-state index contributed by atoms with van der Waals surface area (Å²) in [5.74, 6) is -0.0884. The maximum absolute atomic E-state index is 13.3. The normalized spacial score (nSPS) is 16.3. The average Bonchev–Trinajstić information content (AvgIpc) is 3.33. The van der Waals surface area contributed by atoms with Crippen LogP contribution in [0.1, 0.15) is 40.5 Å². The number of pyridine rings is 2. The van der Waals surface area contributed by atoms with Crippen molar-refractivity contribution in [2.24, 2.45) is 0 Å². The third-order valence-corrected chi connectivity index (χ3v) is 5.96. The predicted octanol–water partition coefficient (Wildman–Crippen LogP) is 6.29. The smallest absolute Gasteiger partial charge is 0.330 e. The molecule has 4 aromatic rings. The molecule has 1 saturated heterocycles. The van der Waals surface area contributed by atoms with Crippen LogP contribution >= 0.6 is 0 Å². The SMILES string of the molecule is O=C(c1ccc2ncccc2c1)N1CCC[C@H]1c1cccc(-c2cccc(C(F)(F)F)c2)n1. The monoisotopic (exact) mass is 447 g/mol. The van der Waals surface area contributed by atoms with Gasteiger partial charge in [-0.3, -0.25) is 14.8 Å². The van der Waals surface area contributed by atoms with Crippen molar-refractivity contribution in [2.45, 2.75) is 25.1 Å². The highest BCUT2D eigenvalue weighted by Crippen LogP contribution is 2.35. The van der Waals surface area contributed by atoms with Crippen LogP contribution in [0.2, 0.25) is 0 Å².